The van der Waals surface area contributed by atoms with Gasteiger partial charge in [0.1, 0.15) is 0 Å². The van der Waals surface area contributed by atoms with Crippen molar-refractivity contribution >= 4 is 17.8 Å². The standard InChI is InChI=1S/C23H35N5O3/c1-3-26-12-10-19-20(11-13-26)25-21(16-24-19)28-15-14-27(23(28)30)18-7-4-17(5-8-18)6-9-22(29)31-2/h16-18H,3-15H2,1-2H3. The molecule has 4 rings (SSSR count). The van der Waals surface area contributed by atoms with E-state index >= 15 is 0 Å². The van der Waals surface area contributed by atoms with Gasteiger partial charge in [0.25, 0.3) is 0 Å². The van der Waals surface area contributed by atoms with Crippen LogP contribution in [0.2, 0.25) is 0 Å². The molecule has 0 radical (unpaired) electrons. The summed E-state index contributed by atoms with van der Waals surface area (Å²) < 4.78 is 4.75. The van der Waals surface area contributed by atoms with E-state index in [1.54, 1.807) is 11.1 Å². The van der Waals surface area contributed by atoms with Gasteiger partial charge in [0, 0.05) is 51.5 Å². The summed E-state index contributed by atoms with van der Waals surface area (Å²) in [5, 5.41) is 0. The van der Waals surface area contributed by atoms with E-state index in [2.05, 4.69) is 16.8 Å². The van der Waals surface area contributed by atoms with Crippen molar-refractivity contribution in [2.75, 3.05) is 44.7 Å². The molecule has 0 aromatic carbocycles. The van der Waals surface area contributed by atoms with Gasteiger partial charge in [0.05, 0.1) is 24.7 Å². The first-order valence-electron chi connectivity index (χ1n) is 11.8. The van der Waals surface area contributed by atoms with Gasteiger partial charge in [-0.25, -0.2) is 9.78 Å². The maximum atomic E-state index is 13.2. The first kappa shape index (κ1) is 22.0. The quantitative estimate of drug-likeness (QED) is 0.647. The Balaban J connectivity index is 1.34. The smallest absolute Gasteiger partial charge is 0.326 e. The number of rotatable bonds is 6. The van der Waals surface area contributed by atoms with Gasteiger partial charge in [0.15, 0.2) is 5.82 Å². The predicted octanol–water partition coefficient (Wildman–Crippen LogP) is 2.65. The third kappa shape index (κ3) is 5.00. The van der Waals surface area contributed by atoms with Crippen molar-refractivity contribution < 1.29 is 14.3 Å². The lowest BCUT2D eigenvalue weighted by atomic mass is 9.83. The van der Waals surface area contributed by atoms with Crippen molar-refractivity contribution in [1.82, 2.24) is 19.8 Å². The Labute approximate surface area is 185 Å². The molecule has 0 unspecified atom stereocenters. The molecule has 0 atom stereocenters. The van der Waals surface area contributed by atoms with Crippen LogP contribution < -0.4 is 4.90 Å². The van der Waals surface area contributed by atoms with Crippen molar-refractivity contribution in [1.29, 1.82) is 0 Å². The third-order valence-electron chi connectivity index (χ3n) is 7.25. The van der Waals surface area contributed by atoms with Crippen LogP contribution in [0.15, 0.2) is 6.20 Å². The van der Waals surface area contributed by atoms with Gasteiger partial charge in [0.2, 0.25) is 0 Å². The maximum Gasteiger partial charge on any atom is 0.326 e. The monoisotopic (exact) mass is 429 g/mol. The molecule has 1 saturated carbocycles. The second-order valence-electron chi connectivity index (χ2n) is 8.97. The number of fused-ring (bicyclic) bond motifs is 1. The molecule has 1 aromatic heterocycles. The lowest BCUT2D eigenvalue weighted by Gasteiger charge is -2.34. The molecule has 8 heteroatoms. The molecule has 170 valence electrons. The molecule has 31 heavy (non-hydrogen) atoms. The number of urea groups is 1. The van der Waals surface area contributed by atoms with Crippen LogP contribution in [0.25, 0.3) is 0 Å². The van der Waals surface area contributed by atoms with Gasteiger partial charge < -0.3 is 14.5 Å². The van der Waals surface area contributed by atoms with E-state index in [0.29, 0.717) is 30.7 Å². The van der Waals surface area contributed by atoms with E-state index < -0.39 is 0 Å². The number of carbonyl (C=O) groups excluding carboxylic acids is 2. The van der Waals surface area contributed by atoms with Crippen LogP contribution in [0.4, 0.5) is 10.6 Å². The highest BCUT2D eigenvalue weighted by molar-refractivity contribution is 5.93. The normalized spacial score (nSPS) is 24.8. The number of aromatic nitrogens is 2. The number of nitrogens with zero attached hydrogens (tertiary/aromatic N) is 5. The highest BCUT2D eigenvalue weighted by Gasteiger charge is 2.37. The summed E-state index contributed by atoms with van der Waals surface area (Å²) in [6.45, 7) is 6.68. The fraction of sp³-hybridized carbons (Fsp3) is 0.739. The first-order chi connectivity index (χ1) is 15.1. The van der Waals surface area contributed by atoms with Crippen molar-refractivity contribution in [2.45, 2.75) is 64.3 Å². The van der Waals surface area contributed by atoms with E-state index in [0.717, 1.165) is 82.5 Å². The minimum Gasteiger partial charge on any atom is -0.469 e. The average Bonchev–Trinajstić information content (AvgIpc) is 3.06. The number of likely N-dealkylation sites (N-methyl/N-ethyl adjacent to an activating group) is 1. The molecular weight excluding hydrogens is 394 g/mol. The molecule has 2 fully saturated rings. The molecule has 0 spiro atoms. The number of ether oxygens (including phenoxy) is 1. The Morgan fingerprint density at radius 2 is 1.84 bits per heavy atom. The summed E-state index contributed by atoms with van der Waals surface area (Å²) in [4.78, 5) is 40.4. The molecule has 1 aliphatic carbocycles. The van der Waals surface area contributed by atoms with Crippen LogP contribution in [0.5, 0.6) is 0 Å². The van der Waals surface area contributed by atoms with Gasteiger partial charge >= 0.3 is 12.0 Å². The molecule has 1 saturated heterocycles. The zero-order valence-corrected chi connectivity index (χ0v) is 18.9. The highest BCUT2D eigenvalue weighted by Crippen LogP contribution is 2.33. The zero-order valence-electron chi connectivity index (χ0n) is 18.9. The summed E-state index contributed by atoms with van der Waals surface area (Å²) in [5.41, 5.74) is 2.12. The molecule has 3 heterocycles. The fourth-order valence-electron chi connectivity index (χ4n) is 5.21. The number of methoxy groups -OCH3 is 1. The Hall–Kier alpha value is -2.22. The van der Waals surface area contributed by atoms with Gasteiger partial charge in [-0.3, -0.25) is 14.7 Å². The van der Waals surface area contributed by atoms with E-state index in [1.165, 1.54) is 7.11 Å². The summed E-state index contributed by atoms with van der Waals surface area (Å²) in [5.74, 6) is 1.13. The van der Waals surface area contributed by atoms with Gasteiger partial charge in [-0.15, -0.1) is 0 Å². The summed E-state index contributed by atoms with van der Waals surface area (Å²) in [6, 6.07) is 0.356. The fourth-order valence-corrected chi connectivity index (χ4v) is 5.21. The second kappa shape index (κ2) is 9.94. The van der Waals surface area contributed by atoms with Gasteiger partial charge in [-0.1, -0.05) is 6.92 Å². The summed E-state index contributed by atoms with van der Waals surface area (Å²) in [6.07, 6.45) is 9.14. The van der Waals surface area contributed by atoms with E-state index in [9.17, 15) is 9.59 Å². The minimum atomic E-state index is -0.128. The lowest BCUT2D eigenvalue weighted by molar-refractivity contribution is -0.141. The molecule has 1 aromatic rings. The average molecular weight is 430 g/mol. The van der Waals surface area contributed by atoms with Crippen molar-refractivity contribution in [3.63, 3.8) is 0 Å². The second-order valence-corrected chi connectivity index (χ2v) is 8.97. The Morgan fingerprint density at radius 1 is 1.10 bits per heavy atom. The van der Waals surface area contributed by atoms with E-state index in [1.807, 2.05) is 4.90 Å². The largest absolute Gasteiger partial charge is 0.469 e. The number of esters is 1. The predicted molar refractivity (Wildman–Crippen MR) is 118 cm³/mol. The van der Waals surface area contributed by atoms with Crippen molar-refractivity contribution in [3.8, 4) is 0 Å². The lowest BCUT2D eigenvalue weighted by Crippen LogP contribution is -2.41. The van der Waals surface area contributed by atoms with Crippen molar-refractivity contribution in [3.05, 3.63) is 17.6 Å². The van der Waals surface area contributed by atoms with Crippen LogP contribution in [0, 0.1) is 5.92 Å². The SMILES string of the molecule is CCN1CCc2ncc(N3CCN(C4CCC(CCC(=O)OC)CC4)C3=O)nc2CC1. The van der Waals surface area contributed by atoms with Crippen molar-refractivity contribution in [2.24, 2.45) is 5.92 Å². The molecule has 0 bridgehead atoms. The molecule has 2 amide bonds. The van der Waals surface area contributed by atoms with Gasteiger partial charge in [-0.2, -0.15) is 0 Å². The number of amides is 2. The third-order valence-corrected chi connectivity index (χ3v) is 7.25. The molecule has 0 N–H and O–H groups in total. The maximum absolute atomic E-state index is 13.2. The minimum absolute atomic E-state index is 0.0658. The van der Waals surface area contributed by atoms with Gasteiger partial charge in [-0.05, 0) is 44.6 Å². The Morgan fingerprint density at radius 3 is 2.55 bits per heavy atom. The zero-order chi connectivity index (χ0) is 21.8. The van der Waals surface area contributed by atoms with Crippen LogP contribution in [0.1, 0.15) is 56.8 Å². The van der Waals surface area contributed by atoms with Crippen LogP contribution in [0.3, 0.4) is 0 Å². The summed E-state index contributed by atoms with van der Waals surface area (Å²) >= 11 is 0. The van der Waals surface area contributed by atoms with Crippen LogP contribution >= 0.6 is 0 Å². The topological polar surface area (TPSA) is 78.9 Å². The van der Waals surface area contributed by atoms with E-state index in [4.69, 9.17) is 9.72 Å². The summed E-state index contributed by atoms with van der Waals surface area (Å²) in [7, 11) is 1.44. The molecule has 2 aliphatic heterocycles. The Bertz CT molecular complexity index is 793. The number of hydrogen-bond donors (Lipinski definition) is 0. The highest BCUT2D eigenvalue weighted by atomic mass is 16.5. The number of carbonyl (C=O) groups is 2. The first-order valence-corrected chi connectivity index (χ1v) is 11.8. The van der Waals surface area contributed by atoms with E-state index in [-0.39, 0.29) is 12.0 Å². The number of anilines is 1. The Kier molecular flexibility index (Phi) is 7.05. The number of hydrogen-bond acceptors (Lipinski definition) is 6. The van der Waals surface area contributed by atoms with Crippen LogP contribution in [-0.2, 0) is 22.4 Å². The molecular formula is C23H35N5O3. The molecule has 8 nitrogen and oxygen atoms in total. The van der Waals surface area contributed by atoms with Crippen LogP contribution in [-0.4, -0.2) is 77.6 Å². The molecule has 3 aliphatic rings.